The van der Waals surface area contributed by atoms with E-state index < -0.39 is 0 Å². The topological polar surface area (TPSA) is 78.4 Å². The monoisotopic (exact) mass is 390 g/mol. The summed E-state index contributed by atoms with van der Waals surface area (Å²) in [6.45, 7) is 6.59. The summed E-state index contributed by atoms with van der Waals surface area (Å²) in [5.74, 6) is 0.790. The van der Waals surface area contributed by atoms with E-state index in [1.54, 1.807) is 7.05 Å². The molecule has 0 amide bonds. The molecule has 0 aromatic heterocycles. The Kier molecular flexibility index (Phi) is 8.09. The third kappa shape index (κ3) is 5.67. The maximum atomic E-state index is 9.42. The van der Waals surface area contributed by atoms with E-state index >= 15 is 0 Å². The zero-order chi connectivity index (χ0) is 19.7. The van der Waals surface area contributed by atoms with Crippen LogP contribution in [0.2, 0.25) is 0 Å². The van der Waals surface area contributed by atoms with Crippen LogP contribution >= 0.6 is 0 Å². The van der Waals surface area contributed by atoms with Crippen LogP contribution in [-0.4, -0.2) is 82.2 Å². The fourth-order valence-electron chi connectivity index (χ4n) is 4.02. The Morgan fingerprint density at radius 2 is 1.96 bits per heavy atom. The highest BCUT2D eigenvalue weighted by molar-refractivity contribution is 5.79. The maximum Gasteiger partial charge on any atom is 0.191 e. The first-order valence-electron chi connectivity index (χ1n) is 10.3. The summed E-state index contributed by atoms with van der Waals surface area (Å²) in [5.41, 5.74) is 1.29. The van der Waals surface area contributed by atoms with E-state index in [1.165, 1.54) is 5.56 Å². The number of benzene rings is 1. The Balaban J connectivity index is 1.59. The largest absolute Gasteiger partial charge is 0.396 e. The molecular weight excluding hydrogens is 356 g/mol. The minimum atomic E-state index is -0.00455. The highest BCUT2D eigenvalue weighted by Crippen LogP contribution is 2.31. The van der Waals surface area contributed by atoms with Crippen molar-refractivity contribution in [3.8, 4) is 0 Å². The normalized spacial score (nSPS) is 24.9. The molecule has 0 bridgehead atoms. The lowest BCUT2D eigenvalue weighted by atomic mass is 9.84. The van der Waals surface area contributed by atoms with Crippen LogP contribution in [0.5, 0.6) is 0 Å². The van der Waals surface area contributed by atoms with Crippen LogP contribution in [0.25, 0.3) is 0 Å². The average Bonchev–Trinajstić information content (AvgIpc) is 3.21. The molecule has 0 spiro atoms. The second-order valence-electron chi connectivity index (χ2n) is 7.66. The van der Waals surface area contributed by atoms with Crippen LogP contribution in [0, 0.1) is 5.41 Å². The van der Waals surface area contributed by atoms with Crippen LogP contribution in [-0.2, 0) is 9.47 Å². The molecule has 156 valence electrons. The van der Waals surface area contributed by atoms with E-state index in [0.29, 0.717) is 6.61 Å². The number of nitrogens with one attached hydrogen (secondary N) is 2. The van der Waals surface area contributed by atoms with Gasteiger partial charge in [0.05, 0.1) is 25.9 Å². The van der Waals surface area contributed by atoms with E-state index in [1.807, 2.05) is 0 Å². The fraction of sp³-hybridized carbons (Fsp3) is 0.667. The maximum absolute atomic E-state index is 9.42. The van der Waals surface area contributed by atoms with Gasteiger partial charge in [-0.3, -0.25) is 9.89 Å². The Labute approximate surface area is 168 Å². The van der Waals surface area contributed by atoms with Gasteiger partial charge >= 0.3 is 0 Å². The summed E-state index contributed by atoms with van der Waals surface area (Å²) in [4.78, 5) is 6.87. The number of guanidine groups is 1. The number of nitrogens with zero attached hydrogens (tertiary/aromatic N) is 2. The molecule has 0 saturated carbocycles. The molecular formula is C21H34N4O3. The molecule has 2 aliphatic rings. The zero-order valence-corrected chi connectivity index (χ0v) is 16.9. The van der Waals surface area contributed by atoms with E-state index in [0.717, 1.165) is 64.8 Å². The van der Waals surface area contributed by atoms with Crippen LogP contribution in [0.15, 0.2) is 35.3 Å². The number of aliphatic hydroxyl groups is 1. The molecule has 2 unspecified atom stereocenters. The predicted molar refractivity (Wildman–Crippen MR) is 111 cm³/mol. The van der Waals surface area contributed by atoms with Crippen molar-refractivity contribution in [2.45, 2.75) is 18.9 Å². The van der Waals surface area contributed by atoms with Crippen molar-refractivity contribution in [2.24, 2.45) is 10.4 Å². The molecule has 3 rings (SSSR count). The molecule has 7 heteroatoms. The molecule has 2 aliphatic heterocycles. The quantitative estimate of drug-likeness (QED) is 0.454. The molecule has 1 aromatic rings. The Morgan fingerprint density at radius 1 is 1.18 bits per heavy atom. The van der Waals surface area contributed by atoms with E-state index in [9.17, 15) is 5.11 Å². The highest BCUT2D eigenvalue weighted by atomic mass is 16.5. The molecule has 0 aliphatic carbocycles. The lowest BCUT2D eigenvalue weighted by Crippen LogP contribution is -2.48. The lowest BCUT2D eigenvalue weighted by Gasteiger charge is -2.35. The second kappa shape index (κ2) is 10.8. The molecule has 2 heterocycles. The van der Waals surface area contributed by atoms with Crippen molar-refractivity contribution in [3.05, 3.63) is 35.9 Å². The van der Waals surface area contributed by atoms with Crippen LogP contribution in [0.3, 0.4) is 0 Å². The number of hydrogen-bond acceptors (Lipinski definition) is 5. The summed E-state index contributed by atoms with van der Waals surface area (Å²) in [6.07, 6.45) is 1.72. The van der Waals surface area contributed by atoms with E-state index in [2.05, 4.69) is 50.9 Å². The van der Waals surface area contributed by atoms with E-state index in [4.69, 9.17) is 9.47 Å². The Bertz CT molecular complexity index is 599. The van der Waals surface area contributed by atoms with E-state index in [-0.39, 0.29) is 18.1 Å². The van der Waals surface area contributed by atoms with Gasteiger partial charge < -0.3 is 25.2 Å². The van der Waals surface area contributed by atoms with Gasteiger partial charge in [0.15, 0.2) is 5.96 Å². The summed E-state index contributed by atoms with van der Waals surface area (Å²) in [5, 5.41) is 16.4. The van der Waals surface area contributed by atoms with Gasteiger partial charge in [-0.05, 0) is 18.4 Å². The standard InChI is InChI=1S/C21H34N4O3/c1-22-20(24-16-21(7-11-26)8-12-28-17-21)23-15-19(18-5-3-2-4-6-18)25-9-13-27-14-10-25/h2-6,19,26H,7-17H2,1H3,(H2,22,23,24). The van der Waals surface area contributed by atoms with Gasteiger partial charge in [0, 0.05) is 51.9 Å². The zero-order valence-electron chi connectivity index (χ0n) is 16.9. The van der Waals surface area contributed by atoms with Crippen molar-refractivity contribution in [1.82, 2.24) is 15.5 Å². The van der Waals surface area contributed by atoms with Crippen molar-refractivity contribution in [1.29, 1.82) is 0 Å². The van der Waals surface area contributed by atoms with Gasteiger partial charge in [0.2, 0.25) is 0 Å². The molecule has 28 heavy (non-hydrogen) atoms. The number of morpholine rings is 1. The molecule has 1 aromatic carbocycles. The van der Waals surface area contributed by atoms with Gasteiger partial charge in [0.1, 0.15) is 0 Å². The lowest BCUT2D eigenvalue weighted by molar-refractivity contribution is 0.0170. The van der Waals surface area contributed by atoms with Crippen LogP contribution in [0.1, 0.15) is 24.4 Å². The van der Waals surface area contributed by atoms with Crippen molar-refractivity contribution in [2.75, 3.05) is 66.3 Å². The minimum Gasteiger partial charge on any atom is -0.396 e. The summed E-state index contributed by atoms with van der Waals surface area (Å²) in [6, 6.07) is 10.9. The van der Waals surface area contributed by atoms with Gasteiger partial charge in [-0.1, -0.05) is 30.3 Å². The predicted octanol–water partition coefficient (Wildman–Crippen LogP) is 1.01. The number of aliphatic hydroxyl groups excluding tert-OH is 1. The van der Waals surface area contributed by atoms with Crippen molar-refractivity contribution in [3.63, 3.8) is 0 Å². The number of hydrogen-bond donors (Lipinski definition) is 3. The molecule has 2 saturated heterocycles. The number of ether oxygens (including phenoxy) is 2. The minimum absolute atomic E-state index is 0.00455. The third-order valence-electron chi connectivity index (χ3n) is 5.82. The van der Waals surface area contributed by atoms with Gasteiger partial charge in [-0.15, -0.1) is 0 Å². The first kappa shape index (κ1) is 21.0. The van der Waals surface area contributed by atoms with Crippen molar-refractivity contribution < 1.29 is 14.6 Å². The van der Waals surface area contributed by atoms with Crippen LogP contribution in [0.4, 0.5) is 0 Å². The summed E-state index contributed by atoms with van der Waals surface area (Å²) < 4.78 is 11.1. The molecule has 0 radical (unpaired) electrons. The Morgan fingerprint density at radius 3 is 2.61 bits per heavy atom. The molecule has 3 N–H and O–H groups in total. The first-order chi connectivity index (χ1) is 13.8. The second-order valence-corrected chi connectivity index (χ2v) is 7.66. The molecule has 7 nitrogen and oxygen atoms in total. The van der Waals surface area contributed by atoms with Gasteiger partial charge in [-0.25, -0.2) is 0 Å². The van der Waals surface area contributed by atoms with Gasteiger partial charge in [0.25, 0.3) is 0 Å². The van der Waals surface area contributed by atoms with Gasteiger partial charge in [-0.2, -0.15) is 0 Å². The van der Waals surface area contributed by atoms with Crippen molar-refractivity contribution >= 4 is 5.96 Å². The van der Waals surface area contributed by atoms with Crippen LogP contribution < -0.4 is 10.6 Å². The smallest absolute Gasteiger partial charge is 0.191 e. The fourth-order valence-corrected chi connectivity index (χ4v) is 4.02. The number of rotatable bonds is 8. The first-order valence-corrected chi connectivity index (χ1v) is 10.3. The number of aliphatic imine (C=N–C) groups is 1. The summed E-state index contributed by atoms with van der Waals surface area (Å²) >= 11 is 0. The summed E-state index contributed by atoms with van der Waals surface area (Å²) in [7, 11) is 1.80. The molecule has 2 fully saturated rings. The SMILES string of the molecule is CN=C(NCC(c1ccccc1)N1CCOCC1)NCC1(CCO)CCOC1. The Hall–Kier alpha value is -1.67. The average molecular weight is 391 g/mol. The third-order valence-corrected chi connectivity index (χ3v) is 5.82. The molecule has 2 atom stereocenters. The highest BCUT2D eigenvalue weighted by Gasteiger charge is 2.34.